The number of hydrogen-bond acceptors (Lipinski definition) is 2. The molecule has 2 rings (SSSR count). The molecular weight excluding hydrogens is 187 g/mol. The second kappa shape index (κ2) is 3.36. The summed E-state index contributed by atoms with van der Waals surface area (Å²) in [7, 11) is -0.767. The van der Waals surface area contributed by atoms with Crippen LogP contribution in [-0.4, -0.2) is 12.1 Å². The van der Waals surface area contributed by atoms with Gasteiger partial charge >= 0.3 is 7.12 Å². The van der Waals surface area contributed by atoms with Gasteiger partial charge in [0.05, 0.1) is 5.60 Å². The van der Waals surface area contributed by atoms with E-state index in [2.05, 4.69) is 26.0 Å². The van der Waals surface area contributed by atoms with Crippen LogP contribution in [0, 0.1) is 0 Å². The molecule has 1 aliphatic heterocycles. The van der Waals surface area contributed by atoms with Gasteiger partial charge < -0.3 is 9.68 Å². The molecule has 0 saturated heterocycles. The number of hydrogen-bond donors (Lipinski definition) is 1. The summed E-state index contributed by atoms with van der Waals surface area (Å²) in [6.07, 6.45) is 0. The number of fused-ring (bicyclic) bond motifs is 1. The van der Waals surface area contributed by atoms with Crippen LogP contribution in [0.15, 0.2) is 18.2 Å². The summed E-state index contributed by atoms with van der Waals surface area (Å²) < 4.78 is 5.51. The molecule has 15 heavy (non-hydrogen) atoms. The van der Waals surface area contributed by atoms with Crippen molar-refractivity contribution in [1.29, 1.82) is 0 Å². The maximum Gasteiger partial charge on any atom is 0.492 e. The lowest BCUT2D eigenvalue weighted by Gasteiger charge is -2.20. The highest BCUT2D eigenvalue weighted by molar-refractivity contribution is 6.61. The van der Waals surface area contributed by atoms with Gasteiger partial charge in [-0.1, -0.05) is 32.0 Å². The van der Waals surface area contributed by atoms with Gasteiger partial charge in [-0.25, -0.2) is 0 Å². The van der Waals surface area contributed by atoms with Crippen LogP contribution in [0.2, 0.25) is 0 Å². The summed E-state index contributed by atoms with van der Waals surface area (Å²) in [6, 6.07) is 6.19. The molecule has 1 aliphatic rings. The standard InChI is InChI=1S/C12H17BO2/c1-8(2)9-5-6-11-10(7-9)12(3,4)15-13(11)14/h5-8,14H,1-4H3. The van der Waals surface area contributed by atoms with Gasteiger partial charge in [-0.2, -0.15) is 0 Å². The average molecular weight is 204 g/mol. The van der Waals surface area contributed by atoms with E-state index in [1.807, 2.05) is 19.9 Å². The van der Waals surface area contributed by atoms with Gasteiger partial charge in [0, 0.05) is 0 Å². The van der Waals surface area contributed by atoms with Gasteiger partial charge in [0.2, 0.25) is 0 Å². The Balaban J connectivity index is 2.52. The van der Waals surface area contributed by atoms with Crippen LogP contribution in [0.25, 0.3) is 0 Å². The quantitative estimate of drug-likeness (QED) is 0.706. The second-order valence-corrected chi connectivity index (χ2v) is 4.98. The van der Waals surface area contributed by atoms with E-state index >= 15 is 0 Å². The first-order chi connectivity index (χ1) is 6.92. The minimum atomic E-state index is -0.767. The van der Waals surface area contributed by atoms with Gasteiger partial charge in [0.15, 0.2) is 0 Å². The average Bonchev–Trinajstić information content (AvgIpc) is 2.37. The van der Waals surface area contributed by atoms with Gasteiger partial charge in [-0.15, -0.1) is 0 Å². The summed E-state index contributed by atoms with van der Waals surface area (Å²) in [6.45, 7) is 8.32. The Morgan fingerprint density at radius 2 is 2.00 bits per heavy atom. The van der Waals surface area contributed by atoms with Crippen LogP contribution < -0.4 is 5.46 Å². The van der Waals surface area contributed by atoms with Crippen LogP contribution >= 0.6 is 0 Å². The molecule has 2 nitrogen and oxygen atoms in total. The van der Waals surface area contributed by atoms with E-state index in [9.17, 15) is 5.02 Å². The summed E-state index contributed by atoms with van der Waals surface area (Å²) >= 11 is 0. The Bertz CT molecular complexity index is 385. The molecule has 0 fully saturated rings. The molecule has 0 radical (unpaired) electrons. The first-order valence-electron chi connectivity index (χ1n) is 5.42. The molecule has 0 atom stereocenters. The van der Waals surface area contributed by atoms with Crippen molar-refractivity contribution in [3.63, 3.8) is 0 Å². The van der Waals surface area contributed by atoms with E-state index in [1.165, 1.54) is 5.56 Å². The highest BCUT2D eigenvalue weighted by Crippen LogP contribution is 2.31. The molecule has 3 heteroatoms. The minimum Gasteiger partial charge on any atom is -0.423 e. The van der Waals surface area contributed by atoms with E-state index in [-0.39, 0.29) is 5.60 Å². The second-order valence-electron chi connectivity index (χ2n) is 4.98. The highest BCUT2D eigenvalue weighted by atomic mass is 16.5. The Morgan fingerprint density at radius 1 is 1.33 bits per heavy atom. The van der Waals surface area contributed by atoms with Crippen LogP contribution in [0.3, 0.4) is 0 Å². The fraction of sp³-hybridized carbons (Fsp3) is 0.500. The Kier molecular flexibility index (Phi) is 2.40. The van der Waals surface area contributed by atoms with Crippen molar-refractivity contribution >= 4 is 12.6 Å². The third-order valence-corrected chi connectivity index (χ3v) is 3.06. The van der Waals surface area contributed by atoms with E-state index in [4.69, 9.17) is 4.65 Å². The molecule has 80 valence electrons. The van der Waals surface area contributed by atoms with E-state index in [0.29, 0.717) is 5.92 Å². The molecule has 0 aliphatic carbocycles. The fourth-order valence-electron chi connectivity index (χ4n) is 2.08. The third kappa shape index (κ3) is 1.70. The lowest BCUT2D eigenvalue weighted by Crippen LogP contribution is -2.28. The van der Waals surface area contributed by atoms with Crippen LogP contribution in [-0.2, 0) is 10.3 Å². The number of rotatable bonds is 1. The first kappa shape index (κ1) is 10.7. The molecule has 1 aromatic carbocycles. The summed E-state index contributed by atoms with van der Waals surface area (Å²) in [4.78, 5) is 0. The molecule has 0 bridgehead atoms. The Morgan fingerprint density at radius 3 is 2.60 bits per heavy atom. The zero-order chi connectivity index (χ0) is 11.2. The van der Waals surface area contributed by atoms with E-state index < -0.39 is 7.12 Å². The van der Waals surface area contributed by atoms with Crippen LogP contribution in [0.4, 0.5) is 0 Å². The summed E-state index contributed by atoms with van der Waals surface area (Å²) in [5.41, 5.74) is 2.93. The third-order valence-electron chi connectivity index (χ3n) is 3.06. The zero-order valence-corrected chi connectivity index (χ0v) is 9.74. The highest BCUT2D eigenvalue weighted by Gasteiger charge is 2.40. The van der Waals surface area contributed by atoms with E-state index in [0.717, 1.165) is 11.0 Å². The summed E-state index contributed by atoms with van der Waals surface area (Å²) in [5, 5.41) is 9.72. The molecule has 1 heterocycles. The zero-order valence-electron chi connectivity index (χ0n) is 9.74. The predicted octanol–water partition coefficient (Wildman–Crippen LogP) is 1.76. The van der Waals surface area contributed by atoms with Crippen molar-refractivity contribution in [1.82, 2.24) is 0 Å². The molecule has 0 unspecified atom stereocenters. The van der Waals surface area contributed by atoms with E-state index in [1.54, 1.807) is 0 Å². The maximum atomic E-state index is 9.72. The lowest BCUT2D eigenvalue weighted by atomic mass is 9.77. The molecule has 0 spiro atoms. The van der Waals surface area contributed by atoms with Gasteiger partial charge in [0.1, 0.15) is 0 Å². The minimum absolute atomic E-state index is 0.375. The molecule has 1 aromatic rings. The van der Waals surface area contributed by atoms with Crippen molar-refractivity contribution < 1.29 is 9.68 Å². The van der Waals surface area contributed by atoms with Gasteiger partial charge in [0.25, 0.3) is 0 Å². The Hall–Kier alpha value is -0.795. The molecule has 0 amide bonds. The molecule has 0 aromatic heterocycles. The molecule has 0 saturated carbocycles. The molecule has 1 N–H and O–H groups in total. The fourth-order valence-corrected chi connectivity index (χ4v) is 2.08. The monoisotopic (exact) mass is 204 g/mol. The normalized spacial score (nSPS) is 18.4. The largest absolute Gasteiger partial charge is 0.492 e. The maximum absolute atomic E-state index is 9.72. The number of benzene rings is 1. The lowest BCUT2D eigenvalue weighted by molar-refractivity contribution is 0.101. The van der Waals surface area contributed by atoms with Crippen molar-refractivity contribution in [2.75, 3.05) is 0 Å². The Labute approximate surface area is 91.4 Å². The van der Waals surface area contributed by atoms with Crippen molar-refractivity contribution in [3.05, 3.63) is 29.3 Å². The first-order valence-corrected chi connectivity index (χ1v) is 5.42. The van der Waals surface area contributed by atoms with Crippen LogP contribution in [0.1, 0.15) is 44.7 Å². The van der Waals surface area contributed by atoms with Crippen molar-refractivity contribution in [2.45, 2.75) is 39.2 Å². The van der Waals surface area contributed by atoms with Crippen LogP contribution in [0.5, 0.6) is 0 Å². The smallest absolute Gasteiger partial charge is 0.423 e. The SMILES string of the molecule is CC(C)c1ccc2c(c1)C(C)(C)OB2O. The van der Waals surface area contributed by atoms with Gasteiger partial charge in [-0.3, -0.25) is 0 Å². The summed E-state index contributed by atoms with van der Waals surface area (Å²) in [5.74, 6) is 0.504. The molecular formula is C12H17BO2. The van der Waals surface area contributed by atoms with Crippen molar-refractivity contribution in [2.24, 2.45) is 0 Å². The predicted molar refractivity (Wildman–Crippen MR) is 62.2 cm³/mol. The topological polar surface area (TPSA) is 29.5 Å². The van der Waals surface area contributed by atoms with Gasteiger partial charge in [-0.05, 0) is 36.4 Å². The van der Waals surface area contributed by atoms with Crippen molar-refractivity contribution in [3.8, 4) is 0 Å².